The topological polar surface area (TPSA) is 45.2 Å². The largest absolute Gasteiger partial charge is 0.411 e. The second-order valence-electron chi connectivity index (χ2n) is 4.06. The van der Waals surface area contributed by atoms with Crippen LogP contribution in [0.25, 0.3) is 0 Å². The third-order valence-corrected chi connectivity index (χ3v) is 2.73. The summed E-state index contributed by atoms with van der Waals surface area (Å²) in [6.07, 6.45) is -5.43. The monoisotopic (exact) mass is 251 g/mol. The summed E-state index contributed by atoms with van der Waals surface area (Å²) in [6, 6.07) is 0. The Morgan fingerprint density at radius 2 is 1.82 bits per heavy atom. The molecule has 0 amide bonds. The van der Waals surface area contributed by atoms with Crippen LogP contribution in [-0.4, -0.2) is 29.5 Å². The second-order valence-corrected chi connectivity index (χ2v) is 4.06. The van der Waals surface area contributed by atoms with E-state index in [1.54, 1.807) is 6.92 Å². The van der Waals surface area contributed by atoms with E-state index in [0.717, 1.165) is 16.8 Å². The SMILES string of the molecule is Cc1[nH]c(C(O)COCC(F)(F)F)c(C)c1C. The van der Waals surface area contributed by atoms with Crippen molar-refractivity contribution in [3.63, 3.8) is 0 Å². The number of hydrogen-bond donors (Lipinski definition) is 2. The number of aromatic nitrogens is 1. The van der Waals surface area contributed by atoms with E-state index in [4.69, 9.17) is 0 Å². The Morgan fingerprint density at radius 1 is 1.24 bits per heavy atom. The molecule has 98 valence electrons. The molecule has 0 radical (unpaired) electrons. The standard InChI is InChI=1S/C11H16F3NO2/c1-6-7(2)10(15-8(6)3)9(16)4-17-5-11(12,13)14/h9,15-16H,4-5H2,1-3H3. The molecule has 1 unspecified atom stereocenters. The van der Waals surface area contributed by atoms with Gasteiger partial charge in [-0.05, 0) is 31.9 Å². The van der Waals surface area contributed by atoms with Crippen molar-refractivity contribution in [2.45, 2.75) is 33.1 Å². The first-order valence-electron chi connectivity index (χ1n) is 5.20. The highest BCUT2D eigenvalue weighted by molar-refractivity contribution is 5.35. The third kappa shape index (κ3) is 3.74. The molecule has 0 aliphatic heterocycles. The first kappa shape index (κ1) is 14.1. The molecule has 1 aromatic rings. The van der Waals surface area contributed by atoms with Gasteiger partial charge in [-0.15, -0.1) is 0 Å². The fourth-order valence-corrected chi connectivity index (χ4v) is 1.58. The maximum atomic E-state index is 11.8. The van der Waals surface area contributed by atoms with E-state index in [2.05, 4.69) is 9.72 Å². The number of ether oxygens (including phenoxy) is 1. The molecule has 0 saturated carbocycles. The second kappa shape index (κ2) is 5.10. The highest BCUT2D eigenvalue weighted by Gasteiger charge is 2.28. The van der Waals surface area contributed by atoms with E-state index in [-0.39, 0.29) is 6.61 Å². The molecule has 17 heavy (non-hydrogen) atoms. The fraction of sp³-hybridized carbons (Fsp3) is 0.636. The van der Waals surface area contributed by atoms with Crippen molar-refractivity contribution in [1.29, 1.82) is 0 Å². The van der Waals surface area contributed by atoms with Crippen molar-refractivity contribution in [1.82, 2.24) is 4.98 Å². The summed E-state index contributed by atoms with van der Waals surface area (Å²) < 4.78 is 39.9. The van der Waals surface area contributed by atoms with Crippen LogP contribution in [0.15, 0.2) is 0 Å². The lowest BCUT2D eigenvalue weighted by Gasteiger charge is -2.12. The number of nitrogens with one attached hydrogen (secondary N) is 1. The quantitative estimate of drug-likeness (QED) is 0.863. The van der Waals surface area contributed by atoms with E-state index in [1.165, 1.54) is 0 Å². The first-order valence-corrected chi connectivity index (χ1v) is 5.20. The van der Waals surface area contributed by atoms with E-state index >= 15 is 0 Å². The van der Waals surface area contributed by atoms with Gasteiger partial charge in [0.15, 0.2) is 0 Å². The van der Waals surface area contributed by atoms with Crippen molar-refractivity contribution in [2.75, 3.05) is 13.2 Å². The maximum Gasteiger partial charge on any atom is 0.411 e. The molecule has 6 heteroatoms. The predicted molar refractivity (Wildman–Crippen MR) is 56.8 cm³/mol. The lowest BCUT2D eigenvalue weighted by Crippen LogP contribution is -2.20. The molecule has 0 bridgehead atoms. The highest BCUT2D eigenvalue weighted by Crippen LogP contribution is 2.23. The Morgan fingerprint density at radius 3 is 2.24 bits per heavy atom. The molecule has 0 aliphatic carbocycles. The number of alkyl halides is 3. The molecule has 0 aromatic carbocycles. The zero-order valence-corrected chi connectivity index (χ0v) is 9.98. The van der Waals surface area contributed by atoms with Gasteiger partial charge < -0.3 is 14.8 Å². The van der Waals surface area contributed by atoms with Gasteiger partial charge in [-0.25, -0.2) is 0 Å². The van der Waals surface area contributed by atoms with Gasteiger partial charge in [0.2, 0.25) is 0 Å². The number of aromatic amines is 1. The molecule has 0 fully saturated rings. The summed E-state index contributed by atoms with van der Waals surface area (Å²) >= 11 is 0. The first-order chi connectivity index (χ1) is 7.72. The fourth-order valence-electron chi connectivity index (χ4n) is 1.58. The lowest BCUT2D eigenvalue weighted by atomic mass is 10.1. The van der Waals surface area contributed by atoms with Gasteiger partial charge in [-0.2, -0.15) is 13.2 Å². The Balaban J connectivity index is 2.58. The summed E-state index contributed by atoms with van der Waals surface area (Å²) in [5, 5.41) is 9.71. The number of rotatable bonds is 4. The lowest BCUT2D eigenvalue weighted by molar-refractivity contribution is -0.179. The summed E-state index contributed by atoms with van der Waals surface area (Å²) in [4.78, 5) is 2.95. The average molecular weight is 251 g/mol. The number of aliphatic hydroxyl groups excluding tert-OH is 1. The number of hydrogen-bond acceptors (Lipinski definition) is 2. The molecule has 1 atom stereocenters. The molecule has 0 saturated heterocycles. The van der Waals surface area contributed by atoms with E-state index in [1.807, 2.05) is 13.8 Å². The van der Waals surface area contributed by atoms with E-state index < -0.39 is 18.9 Å². The van der Waals surface area contributed by atoms with Gasteiger partial charge in [0.25, 0.3) is 0 Å². The minimum atomic E-state index is -4.36. The van der Waals surface area contributed by atoms with Crippen LogP contribution < -0.4 is 0 Å². The van der Waals surface area contributed by atoms with Crippen LogP contribution in [0.2, 0.25) is 0 Å². The molecular weight excluding hydrogens is 235 g/mol. The number of aliphatic hydroxyl groups is 1. The predicted octanol–water partition coefficient (Wildman–Crippen LogP) is 2.55. The van der Waals surface area contributed by atoms with Crippen molar-refractivity contribution < 1.29 is 23.0 Å². The molecular formula is C11H16F3NO2. The molecule has 2 N–H and O–H groups in total. The van der Waals surface area contributed by atoms with Gasteiger partial charge in [0.05, 0.1) is 6.61 Å². The van der Waals surface area contributed by atoms with Gasteiger partial charge in [0, 0.05) is 11.4 Å². The van der Waals surface area contributed by atoms with Crippen molar-refractivity contribution in [2.24, 2.45) is 0 Å². The average Bonchev–Trinajstić information content (AvgIpc) is 2.44. The minimum absolute atomic E-state index is 0.375. The van der Waals surface area contributed by atoms with Crippen LogP contribution in [0.1, 0.15) is 28.6 Å². The Labute approximate surface area is 97.6 Å². The maximum absolute atomic E-state index is 11.8. The molecule has 1 aromatic heterocycles. The van der Waals surface area contributed by atoms with Crippen LogP contribution in [0.4, 0.5) is 13.2 Å². The molecule has 0 aliphatic rings. The number of H-pyrrole nitrogens is 1. The molecule has 1 heterocycles. The smallest absolute Gasteiger partial charge is 0.384 e. The molecule has 0 spiro atoms. The highest BCUT2D eigenvalue weighted by atomic mass is 19.4. The normalized spacial score (nSPS) is 14.1. The van der Waals surface area contributed by atoms with Gasteiger partial charge in [-0.3, -0.25) is 0 Å². The Bertz CT molecular complexity index is 385. The summed E-state index contributed by atoms with van der Waals surface area (Å²) in [6.45, 7) is 3.81. The zero-order chi connectivity index (χ0) is 13.2. The van der Waals surface area contributed by atoms with Gasteiger partial charge >= 0.3 is 6.18 Å². The van der Waals surface area contributed by atoms with Gasteiger partial charge in [-0.1, -0.05) is 0 Å². The summed E-state index contributed by atoms with van der Waals surface area (Å²) in [5.41, 5.74) is 3.26. The Hall–Kier alpha value is -1.01. The van der Waals surface area contributed by atoms with Crippen LogP contribution in [-0.2, 0) is 4.74 Å². The molecule has 3 nitrogen and oxygen atoms in total. The van der Waals surface area contributed by atoms with Crippen LogP contribution in [0.3, 0.4) is 0 Å². The molecule has 1 rings (SSSR count). The number of aryl methyl sites for hydroxylation is 1. The minimum Gasteiger partial charge on any atom is -0.384 e. The Kier molecular flexibility index (Phi) is 4.21. The van der Waals surface area contributed by atoms with E-state index in [9.17, 15) is 18.3 Å². The third-order valence-electron chi connectivity index (χ3n) is 2.73. The van der Waals surface area contributed by atoms with Gasteiger partial charge in [0.1, 0.15) is 12.7 Å². The van der Waals surface area contributed by atoms with Crippen LogP contribution in [0.5, 0.6) is 0 Å². The van der Waals surface area contributed by atoms with Crippen molar-refractivity contribution in [3.05, 3.63) is 22.5 Å². The zero-order valence-electron chi connectivity index (χ0n) is 9.98. The van der Waals surface area contributed by atoms with Crippen LogP contribution in [0, 0.1) is 20.8 Å². The number of halogens is 3. The summed E-state index contributed by atoms with van der Waals surface area (Å²) in [7, 11) is 0. The van der Waals surface area contributed by atoms with Crippen molar-refractivity contribution >= 4 is 0 Å². The summed E-state index contributed by atoms with van der Waals surface area (Å²) in [5.74, 6) is 0. The van der Waals surface area contributed by atoms with E-state index in [0.29, 0.717) is 5.69 Å². The van der Waals surface area contributed by atoms with Crippen molar-refractivity contribution in [3.8, 4) is 0 Å². The van der Waals surface area contributed by atoms with Crippen LogP contribution >= 0.6 is 0 Å².